The van der Waals surface area contributed by atoms with Gasteiger partial charge in [0.25, 0.3) is 0 Å². The van der Waals surface area contributed by atoms with E-state index < -0.39 is 0 Å². The van der Waals surface area contributed by atoms with E-state index in [1.54, 1.807) is 51.4 Å². The summed E-state index contributed by atoms with van der Waals surface area (Å²) in [5, 5.41) is 0. The Morgan fingerprint density at radius 1 is 0.722 bits per heavy atom. The fourth-order valence-corrected chi connectivity index (χ4v) is 9.83. The van der Waals surface area contributed by atoms with E-state index in [1.807, 2.05) is 0 Å². The second-order valence-corrected chi connectivity index (χ2v) is 9.66. The number of rotatable bonds is 0. The van der Waals surface area contributed by atoms with E-state index in [2.05, 4.69) is 6.92 Å². The van der Waals surface area contributed by atoms with Gasteiger partial charge in [0.05, 0.1) is 0 Å². The lowest BCUT2D eigenvalue weighted by Crippen LogP contribution is -2.72. The van der Waals surface area contributed by atoms with E-state index in [-0.39, 0.29) is 0 Å². The third-order valence-electron chi connectivity index (χ3n) is 8.86. The van der Waals surface area contributed by atoms with Gasteiger partial charge in [-0.05, 0) is 104 Å². The Bertz CT molecular complexity index is 435. The van der Waals surface area contributed by atoms with E-state index in [9.17, 15) is 0 Å². The molecule has 0 nitrogen and oxygen atoms in total. The molecule has 0 heterocycles. The summed E-state index contributed by atoms with van der Waals surface area (Å²) in [6, 6.07) is 0. The van der Waals surface area contributed by atoms with Gasteiger partial charge in [-0.25, -0.2) is 0 Å². The highest BCUT2D eigenvalue weighted by Gasteiger charge is 2.73. The van der Waals surface area contributed by atoms with Crippen LogP contribution in [0.5, 0.6) is 0 Å². The van der Waals surface area contributed by atoms with Gasteiger partial charge < -0.3 is 0 Å². The lowest BCUT2D eigenvalue weighted by molar-refractivity contribution is -0.303. The highest BCUT2D eigenvalue weighted by Crippen LogP contribution is 2.81. The molecule has 0 aromatic carbocycles. The van der Waals surface area contributed by atoms with Crippen molar-refractivity contribution in [1.82, 2.24) is 0 Å². The summed E-state index contributed by atoms with van der Waals surface area (Å²) in [7, 11) is 0. The van der Waals surface area contributed by atoms with Crippen LogP contribution in [0.4, 0.5) is 0 Å². The lowest BCUT2D eigenvalue weighted by Gasteiger charge is -2.79. The van der Waals surface area contributed by atoms with Gasteiger partial charge in [-0.15, -0.1) is 0 Å². The molecule has 98 valence electrons. The average molecular weight is 242 g/mol. The fourth-order valence-electron chi connectivity index (χ4n) is 9.83. The zero-order valence-corrected chi connectivity index (χ0v) is 11.7. The van der Waals surface area contributed by atoms with Gasteiger partial charge in [-0.3, -0.25) is 0 Å². The van der Waals surface area contributed by atoms with E-state index in [1.165, 1.54) is 35.5 Å². The zero-order chi connectivity index (χ0) is 11.7. The molecule has 9 bridgehead atoms. The van der Waals surface area contributed by atoms with Crippen molar-refractivity contribution in [2.45, 2.75) is 58.3 Å². The molecule has 8 rings (SSSR count). The van der Waals surface area contributed by atoms with Crippen LogP contribution in [-0.2, 0) is 0 Å². The van der Waals surface area contributed by atoms with Crippen LogP contribution in [0.2, 0.25) is 0 Å². The molecule has 18 heavy (non-hydrogen) atoms. The quantitative estimate of drug-likeness (QED) is 0.587. The van der Waals surface area contributed by atoms with Crippen LogP contribution < -0.4 is 0 Å². The first kappa shape index (κ1) is 9.83. The van der Waals surface area contributed by atoms with Gasteiger partial charge >= 0.3 is 0 Å². The molecule has 0 aromatic heterocycles. The SMILES string of the molecule is CC12CC3CC(C1)C1C4CC5CC(C4)C2C1(C5)C3. The van der Waals surface area contributed by atoms with Crippen LogP contribution in [0.3, 0.4) is 0 Å². The third-order valence-corrected chi connectivity index (χ3v) is 8.86. The van der Waals surface area contributed by atoms with Crippen molar-refractivity contribution in [3.63, 3.8) is 0 Å². The third kappa shape index (κ3) is 0.826. The Morgan fingerprint density at radius 2 is 1.50 bits per heavy atom. The highest BCUT2D eigenvalue weighted by atomic mass is 14.8. The minimum absolute atomic E-state index is 0.792. The molecule has 0 saturated heterocycles. The van der Waals surface area contributed by atoms with Crippen LogP contribution in [0.15, 0.2) is 0 Å². The molecule has 0 amide bonds. The first-order chi connectivity index (χ1) is 8.68. The molecule has 8 saturated carbocycles. The van der Waals surface area contributed by atoms with Crippen molar-refractivity contribution < 1.29 is 0 Å². The first-order valence-electron chi connectivity index (χ1n) is 8.68. The predicted octanol–water partition coefficient (Wildman–Crippen LogP) is 4.49. The molecule has 0 aliphatic heterocycles. The van der Waals surface area contributed by atoms with Crippen LogP contribution in [-0.4, -0.2) is 0 Å². The first-order valence-corrected chi connectivity index (χ1v) is 8.68. The van der Waals surface area contributed by atoms with Crippen LogP contribution in [0.1, 0.15) is 58.3 Å². The molecule has 8 fully saturated rings. The van der Waals surface area contributed by atoms with Crippen molar-refractivity contribution in [1.29, 1.82) is 0 Å². The summed E-state index contributed by atoms with van der Waals surface area (Å²) in [5.74, 6) is 8.23. The molecule has 9 atom stereocenters. The monoisotopic (exact) mass is 242 g/mol. The Morgan fingerprint density at radius 3 is 2.44 bits per heavy atom. The molecular formula is C18H26. The molecule has 0 heteroatoms. The van der Waals surface area contributed by atoms with Gasteiger partial charge in [0.1, 0.15) is 0 Å². The van der Waals surface area contributed by atoms with Gasteiger partial charge in [0.15, 0.2) is 0 Å². The summed E-state index contributed by atoms with van der Waals surface area (Å²) < 4.78 is 0. The van der Waals surface area contributed by atoms with Crippen LogP contribution in [0, 0.1) is 52.3 Å². The Kier molecular flexibility index (Phi) is 1.41. The summed E-state index contributed by atoms with van der Waals surface area (Å²) in [4.78, 5) is 0. The molecular weight excluding hydrogens is 216 g/mol. The molecule has 0 aromatic rings. The maximum atomic E-state index is 2.72. The van der Waals surface area contributed by atoms with Crippen molar-refractivity contribution in [3.8, 4) is 0 Å². The Balaban J connectivity index is 1.62. The van der Waals surface area contributed by atoms with E-state index in [0.717, 1.165) is 16.7 Å². The summed E-state index contributed by atoms with van der Waals surface area (Å²) >= 11 is 0. The maximum absolute atomic E-state index is 2.72. The second-order valence-electron chi connectivity index (χ2n) is 9.66. The molecule has 8 aliphatic carbocycles. The maximum Gasteiger partial charge on any atom is -0.0222 e. The second kappa shape index (κ2) is 2.59. The smallest absolute Gasteiger partial charge is 0.0222 e. The van der Waals surface area contributed by atoms with Crippen molar-refractivity contribution in [2.75, 3.05) is 0 Å². The molecule has 1 spiro atoms. The lowest BCUT2D eigenvalue weighted by atomic mass is 9.26. The summed E-state index contributed by atoms with van der Waals surface area (Å²) in [5.41, 5.74) is 1.69. The number of hydrogen-bond acceptors (Lipinski definition) is 0. The zero-order valence-electron chi connectivity index (χ0n) is 11.7. The van der Waals surface area contributed by atoms with Crippen molar-refractivity contribution in [2.24, 2.45) is 52.3 Å². The summed E-state index contributed by atoms with van der Waals surface area (Å²) in [6.07, 6.45) is 13.2. The highest BCUT2D eigenvalue weighted by molar-refractivity contribution is 5.22. The topological polar surface area (TPSA) is 0 Å². The number of hydrogen-bond donors (Lipinski definition) is 0. The van der Waals surface area contributed by atoms with Gasteiger partial charge in [0.2, 0.25) is 0 Å². The largest absolute Gasteiger partial charge is 0.0593 e. The Labute approximate surface area is 111 Å². The van der Waals surface area contributed by atoms with Crippen LogP contribution in [0.25, 0.3) is 0 Å². The molecule has 9 unspecified atom stereocenters. The molecule has 8 aliphatic rings. The van der Waals surface area contributed by atoms with Gasteiger partial charge in [-0.2, -0.15) is 0 Å². The van der Waals surface area contributed by atoms with Crippen LogP contribution >= 0.6 is 0 Å². The fraction of sp³-hybridized carbons (Fsp3) is 1.00. The standard InChI is InChI=1S/C18H26/c1-17-6-11-4-14(9-17)15-12-2-10-3-13(5-12)16(17)18(15,7-10)8-11/h10-16H,2-9H2,1H3. The summed E-state index contributed by atoms with van der Waals surface area (Å²) in [6.45, 7) is 2.72. The van der Waals surface area contributed by atoms with Crippen molar-refractivity contribution in [3.05, 3.63) is 0 Å². The molecule has 0 radical (unpaired) electrons. The average Bonchev–Trinajstić information content (AvgIpc) is 2.23. The van der Waals surface area contributed by atoms with Gasteiger partial charge in [-0.1, -0.05) is 6.92 Å². The molecule has 0 N–H and O–H groups in total. The van der Waals surface area contributed by atoms with E-state index in [0.29, 0.717) is 0 Å². The Hall–Kier alpha value is 0. The van der Waals surface area contributed by atoms with E-state index >= 15 is 0 Å². The van der Waals surface area contributed by atoms with Crippen molar-refractivity contribution >= 4 is 0 Å². The normalized spacial score (nSPS) is 74.2. The van der Waals surface area contributed by atoms with Gasteiger partial charge in [0, 0.05) is 0 Å². The minimum atomic E-state index is 0.792. The van der Waals surface area contributed by atoms with E-state index in [4.69, 9.17) is 0 Å². The predicted molar refractivity (Wildman–Crippen MR) is 71.9 cm³/mol. The minimum Gasteiger partial charge on any atom is -0.0593 e.